The monoisotopic (exact) mass is 388 g/mol. The summed E-state index contributed by atoms with van der Waals surface area (Å²) in [5, 5.41) is 5.06. The van der Waals surface area contributed by atoms with E-state index in [0.717, 1.165) is 10.5 Å². The van der Waals surface area contributed by atoms with Crippen LogP contribution in [0.3, 0.4) is 0 Å². The summed E-state index contributed by atoms with van der Waals surface area (Å²) in [4.78, 5) is 17.6. The molecule has 0 fully saturated rings. The lowest BCUT2D eigenvalue weighted by atomic mass is 10.1. The number of carbonyl (C=O) groups excluding carboxylic acids is 1. The van der Waals surface area contributed by atoms with Crippen LogP contribution in [-0.4, -0.2) is 23.8 Å². The fourth-order valence-electron chi connectivity index (χ4n) is 2.31. The summed E-state index contributed by atoms with van der Waals surface area (Å²) in [6.45, 7) is 2.02. The molecule has 3 aromatic rings. The largest absolute Gasteiger partial charge is 0.494 e. The van der Waals surface area contributed by atoms with E-state index in [1.807, 2.05) is 31.2 Å². The first-order valence-corrected chi connectivity index (χ1v) is 9.71. The minimum atomic E-state index is -0.446. The van der Waals surface area contributed by atoms with Gasteiger partial charge in [0.15, 0.2) is 16.7 Å². The molecule has 0 spiro atoms. The summed E-state index contributed by atoms with van der Waals surface area (Å²) in [6, 6.07) is 12.6. The first-order valence-electron chi connectivity index (χ1n) is 7.84. The number of halogens is 1. The van der Waals surface area contributed by atoms with Crippen LogP contribution in [0, 0.1) is 12.7 Å². The minimum absolute atomic E-state index is 0.125. The van der Waals surface area contributed by atoms with Crippen molar-refractivity contribution in [2.24, 2.45) is 0 Å². The van der Waals surface area contributed by atoms with E-state index >= 15 is 0 Å². The zero-order valence-corrected chi connectivity index (χ0v) is 15.9. The quantitative estimate of drug-likeness (QED) is 0.604. The Morgan fingerprint density at radius 3 is 2.85 bits per heavy atom. The van der Waals surface area contributed by atoms with E-state index < -0.39 is 5.82 Å². The molecule has 1 aromatic heterocycles. The van der Waals surface area contributed by atoms with Crippen LogP contribution in [0.25, 0.3) is 11.3 Å². The number of thiazole rings is 1. The van der Waals surface area contributed by atoms with Gasteiger partial charge in [-0.25, -0.2) is 9.37 Å². The van der Waals surface area contributed by atoms with Crippen molar-refractivity contribution < 1.29 is 13.9 Å². The number of benzene rings is 2. The number of carbonyl (C=O) groups is 1. The molecule has 134 valence electrons. The average Bonchev–Trinajstić information content (AvgIpc) is 3.09. The third-order valence-electron chi connectivity index (χ3n) is 3.65. The van der Waals surface area contributed by atoms with Crippen molar-refractivity contribution in [2.45, 2.75) is 11.8 Å². The molecule has 2 aromatic carbocycles. The van der Waals surface area contributed by atoms with Crippen LogP contribution in [-0.2, 0) is 4.79 Å². The van der Waals surface area contributed by atoms with Crippen LogP contribution in [0.4, 0.5) is 9.52 Å². The number of hydrogen-bond donors (Lipinski definition) is 1. The van der Waals surface area contributed by atoms with Gasteiger partial charge in [-0.05, 0) is 36.8 Å². The second-order valence-electron chi connectivity index (χ2n) is 5.49. The van der Waals surface area contributed by atoms with Gasteiger partial charge in [0.2, 0.25) is 5.91 Å². The average molecular weight is 388 g/mol. The predicted octanol–water partition coefficient (Wildman–Crippen LogP) is 5.00. The first-order chi connectivity index (χ1) is 12.6. The highest BCUT2D eigenvalue weighted by molar-refractivity contribution is 8.00. The maximum absolute atomic E-state index is 13.8. The van der Waals surface area contributed by atoms with Gasteiger partial charge >= 0.3 is 0 Å². The maximum Gasteiger partial charge on any atom is 0.236 e. The molecule has 0 aliphatic heterocycles. The number of nitrogens with one attached hydrogen (secondary N) is 1. The molecule has 0 aliphatic carbocycles. The molecule has 1 N–H and O–H groups in total. The van der Waals surface area contributed by atoms with Gasteiger partial charge in [0, 0.05) is 15.8 Å². The molecule has 0 radical (unpaired) electrons. The molecule has 0 bridgehead atoms. The Bertz CT molecular complexity index is 927. The number of amides is 1. The van der Waals surface area contributed by atoms with Crippen molar-refractivity contribution in [1.29, 1.82) is 0 Å². The summed E-state index contributed by atoms with van der Waals surface area (Å²) in [6.07, 6.45) is 0. The number of methoxy groups -OCH3 is 1. The second kappa shape index (κ2) is 8.33. The van der Waals surface area contributed by atoms with E-state index in [-0.39, 0.29) is 11.7 Å². The SMILES string of the molecule is COc1ccc(-c2csc(NC(=O)CSc3ccccc3C)n2)cc1F. The summed E-state index contributed by atoms with van der Waals surface area (Å²) < 4.78 is 18.7. The summed E-state index contributed by atoms with van der Waals surface area (Å²) >= 11 is 2.79. The molecule has 0 saturated heterocycles. The van der Waals surface area contributed by atoms with E-state index in [1.54, 1.807) is 17.5 Å². The number of anilines is 1. The van der Waals surface area contributed by atoms with Crippen molar-refractivity contribution >= 4 is 34.1 Å². The van der Waals surface area contributed by atoms with Gasteiger partial charge in [0.05, 0.1) is 18.6 Å². The van der Waals surface area contributed by atoms with E-state index in [0.29, 0.717) is 22.1 Å². The smallest absolute Gasteiger partial charge is 0.236 e. The molecule has 1 amide bonds. The molecule has 7 heteroatoms. The number of aromatic nitrogens is 1. The molecule has 0 atom stereocenters. The van der Waals surface area contributed by atoms with Gasteiger partial charge in [0.25, 0.3) is 0 Å². The lowest BCUT2D eigenvalue weighted by molar-refractivity contribution is -0.113. The summed E-state index contributed by atoms with van der Waals surface area (Å²) in [7, 11) is 1.42. The molecular formula is C19H17FN2O2S2. The van der Waals surface area contributed by atoms with E-state index in [9.17, 15) is 9.18 Å². The Morgan fingerprint density at radius 2 is 2.12 bits per heavy atom. The third-order valence-corrected chi connectivity index (χ3v) is 5.58. The molecular weight excluding hydrogens is 371 g/mol. The number of nitrogens with zero attached hydrogens (tertiary/aromatic N) is 1. The van der Waals surface area contributed by atoms with Gasteiger partial charge in [-0.2, -0.15) is 0 Å². The Labute approximate surface area is 159 Å². The van der Waals surface area contributed by atoms with Crippen molar-refractivity contribution in [3.8, 4) is 17.0 Å². The molecule has 0 unspecified atom stereocenters. The number of aryl methyl sites for hydroxylation is 1. The van der Waals surface area contributed by atoms with Crippen molar-refractivity contribution in [2.75, 3.05) is 18.2 Å². The zero-order chi connectivity index (χ0) is 18.5. The van der Waals surface area contributed by atoms with Crippen LogP contribution in [0.1, 0.15) is 5.56 Å². The lowest BCUT2D eigenvalue weighted by Gasteiger charge is -2.05. The van der Waals surface area contributed by atoms with Gasteiger partial charge in [-0.3, -0.25) is 4.79 Å². The fraction of sp³-hybridized carbons (Fsp3) is 0.158. The summed E-state index contributed by atoms with van der Waals surface area (Å²) in [5.41, 5.74) is 2.39. The van der Waals surface area contributed by atoms with Gasteiger partial charge in [-0.15, -0.1) is 23.1 Å². The van der Waals surface area contributed by atoms with E-state index in [1.165, 1.54) is 36.3 Å². The van der Waals surface area contributed by atoms with Crippen LogP contribution < -0.4 is 10.1 Å². The fourth-order valence-corrected chi connectivity index (χ4v) is 3.87. The number of rotatable bonds is 6. The summed E-state index contributed by atoms with van der Waals surface area (Å²) in [5.74, 6) is -0.0827. The van der Waals surface area contributed by atoms with Crippen LogP contribution in [0.5, 0.6) is 5.75 Å². The number of thioether (sulfide) groups is 1. The van der Waals surface area contributed by atoms with Crippen molar-refractivity contribution in [1.82, 2.24) is 4.98 Å². The highest BCUT2D eigenvalue weighted by atomic mass is 32.2. The Kier molecular flexibility index (Phi) is 5.90. The van der Waals surface area contributed by atoms with Crippen LogP contribution in [0.2, 0.25) is 0 Å². The van der Waals surface area contributed by atoms with Gasteiger partial charge in [-0.1, -0.05) is 18.2 Å². The Hall–Kier alpha value is -2.38. The molecule has 26 heavy (non-hydrogen) atoms. The number of hydrogen-bond acceptors (Lipinski definition) is 5. The van der Waals surface area contributed by atoms with Crippen molar-refractivity contribution in [3.05, 3.63) is 59.2 Å². The Morgan fingerprint density at radius 1 is 1.31 bits per heavy atom. The van der Waals surface area contributed by atoms with Gasteiger partial charge < -0.3 is 10.1 Å². The van der Waals surface area contributed by atoms with Gasteiger partial charge in [0.1, 0.15) is 0 Å². The van der Waals surface area contributed by atoms with Crippen molar-refractivity contribution in [3.63, 3.8) is 0 Å². The standard InChI is InChI=1S/C19H17FN2O2S2/c1-12-5-3-4-6-17(12)25-11-18(23)22-19-21-15(10-26-19)13-7-8-16(24-2)14(20)9-13/h3-10H,11H2,1-2H3,(H,21,22,23). The molecule has 4 nitrogen and oxygen atoms in total. The first kappa shape index (κ1) is 18.4. The van der Waals surface area contributed by atoms with E-state index in [2.05, 4.69) is 10.3 Å². The number of ether oxygens (including phenoxy) is 1. The van der Waals surface area contributed by atoms with Crippen LogP contribution >= 0.6 is 23.1 Å². The molecule has 0 aliphatic rings. The minimum Gasteiger partial charge on any atom is -0.494 e. The lowest BCUT2D eigenvalue weighted by Crippen LogP contribution is -2.13. The highest BCUT2D eigenvalue weighted by Crippen LogP contribution is 2.29. The van der Waals surface area contributed by atoms with Crippen LogP contribution in [0.15, 0.2) is 52.7 Å². The topological polar surface area (TPSA) is 51.2 Å². The molecule has 1 heterocycles. The van der Waals surface area contributed by atoms with E-state index in [4.69, 9.17) is 4.74 Å². The predicted molar refractivity (Wildman–Crippen MR) is 105 cm³/mol. The third kappa shape index (κ3) is 4.42. The molecule has 3 rings (SSSR count). The normalized spacial score (nSPS) is 10.6. The highest BCUT2D eigenvalue weighted by Gasteiger charge is 2.11. The maximum atomic E-state index is 13.8. The Balaban J connectivity index is 1.62. The zero-order valence-electron chi connectivity index (χ0n) is 14.3. The molecule has 0 saturated carbocycles. The second-order valence-corrected chi connectivity index (χ2v) is 7.36.